The van der Waals surface area contributed by atoms with E-state index in [9.17, 15) is 10.1 Å². The van der Waals surface area contributed by atoms with Crippen LogP contribution in [0.3, 0.4) is 0 Å². The van der Waals surface area contributed by atoms with Gasteiger partial charge in [-0.3, -0.25) is 14.7 Å². The SMILES string of the molecule is CC(C)n1c(Sc2ccc(C#N)cc2[N+](=O)[O-])nnc1-c1ccc(Cl)cc1Cl. The molecule has 0 aliphatic carbocycles. The van der Waals surface area contributed by atoms with Gasteiger partial charge in [0.1, 0.15) is 0 Å². The van der Waals surface area contributed by atoms with Gasteiger partial charge in [-0.2, -0.15) is 5.26 Å². The molecule has 3 aromatic rings. The molecular weight excluding hydrogens is 421 g/mol. The largest absolute Gasteiger partial charge is 0.299 e. The fourth-order valence-electron chi connectivity index (χ4n) is 2.58. The normalized spacial score (nSPS) is 10.9. The molecule has 10 heteroatoms. The topological polar surface area (TPSA) is 97.6 Å². The molecule has 7 nitrogen and oxygen atoms in total. The Balaban J connectivity index is 2.09. The third-order valence-electron chi connectivity index (χ3n) is 3.84. The number of nitro benzene ring substituents is 1. The first-order valence-electron chi connectivity index (χ1n) is 8.08. The molecule has 28 heavy (non-hydrogen) atoms. The Hall–Kier alpha value is -2.60. The lowest BCUT2D eigenvalue weighted by Crippen LogP contribution is -2.05. The molecule has 0 fully saturated rings. The van der Waals surface area contributed by atoms with Crippen LogP contribution in [0.5, 0.6) is 0 Å². The number of nitro groups is 1. The fraction of sp³-hybridized carbons (Fsp3) is 0.167. The van der Waals surface area contributed by atoms with Gasteiger partial charge in [0, 0.05) is 22.7 Å². The van der Waals surface area contributed by atoms with Crippen LogP contribution in [0.4, 0.5) is 5.69 Å². The van der Waals surface area contributed by atoms with Crippen molar-refractivity contribution in [2.45, 2.75) is 29.9 Å². The molecule has 0 amide bonds. The summed E-state index contributed by atoms with van der Waals surface area (Å²) in [6.07, 6.45) is 0. The van der Waals surface area contributed by atoms with E-state index in [4.69, 9.17) is 28.5 Å². The zero-order chi connectivity index (χ0) is 20.4. The minimum atomic E-state index is -0.518. The number of hydrogen-bond donors (Lipinski definition) is 0. The average Bonchev–Trinajstić information content (AvgIpc) is 3.05. The second-order valence-electron chi connectivity index (χ2n) is 6.05. The van der Waals surface area contributed by atoms with E-state index in [0.29, 0.717) is 31.5 Å². The Labute approximate surface area is 175 Å². The number of nitrogens with zero attached hydrogens (tertiary/aromatic N) is 5. The Morgan fingerprint density at radius 3 is 2.57 bits per heavy atom. The summed E-state index contributed by atoms with van der Waals surface area (Å²) in [4.78, 5) is 11.3. The molecule has 3 rings (SSSR count). The summed E-state index contributed by atoms with van der Waals surface area (Å²) in [5, 5.41) is 30.3. The maximum absolute atomic E-state index is 11.4. The Bertz CT molecular complexity index is 1110. The third-order valence-corrected chi connectivity index (χ3v) is 5.41. The molecule has 0 N–H and O–H groups in total. The van der Waals surface area contributed by atoms with Gasteiger partial charge in [0.15, 0.2) is 11.0 Å². The van der Waals surface area contributed by atoms with Gasteiger partial charge < -0.3 is 0 Å². The standard InChI is InChI=1S/C18H13Cl2N5O2S/c1-10(2)24-17(13-5-4-12(19)8-14(13)20)22-23-18(24)28-16-6-3-11(9-21)7-15(16)25(26)27/h3-8,10H,1-2H3. The minimum absolute atomic E-state index is 0.0308. The maximum Gasteiger partial charge on any atom is 0.284 e. The van der Waals surface area contributed by atoms with Gasteiger partial charge in [0.25, 0.3) is 5.69 Å². The smallest absolute Gasteiger partial charge is 0.284 e. The van der Waals surface area contributed by atoms with E-state index in [-0.39, 0.29) is 17.3 Å². The molecule has 1 heterocycles. The Morgan fingerprint density at radius 2 is 1.96 bits per heavy atom. The highest BCUT2D eigenvalue weighted by atomic mass is 35.5. The van der Waals surface area contributed by atoms with E-state index in [1.165, 1.54) is 18.2 Å². The molecule has 0 bridgehead atoms. The van der Waals surface area contributed by atoms with Crippen molar-refractivity contribution < 1.29 is 4.92 Å². The predicted molar refractivity (Wildman–Crippen MR) is 108 cm³/mol. The summed E-state index contributed by atoms with van der Waals surface area (Å²) in [6, 6.07) is 11.3. The van der Waals surface area contributed by atoms with Crippen LogP contribution in [0.25, 0.3) is 11.4 Å². The van der Waals surface area contributed by atoms with Crippen molar-refractivity contribution in [1.82, 2.24) is 14.8 Å². The lowest BCUT2D eigenvalue weighted by Gasteiger charge is -2.14. The molecule has 0 aliphatic rings. The third kappa shape index (κ3) is 3.97. The van der Waals surface area contributed by atoms with Crippen LogP contribution >= 0.6 is 35.0 Å². The highest BCUT2D eigenvalue weighted by Gasteiger charge is 2.23. The molecule has 142 valence electrons. The molecule has 0 saturated heterocycles. The minimum Gasteiger partial charge on any atom is -0.299 e. The van der Waals surface area contributed by atoms with E-state index in [2.05, 4.69) is 10.2 Å². The monoisotopic (exact) mass is 433 g/mol. The quantitative estimate of drug-likeness (QED) is 0.374. The lowest BCUT2D eigenvalue weighted by molar-refractivity contribution is -0.387. The fourth-order valence-corrected chi connectivity index (χ4v) is 4.12. The zero-order valence-corrected chi connectivity index (χ0v) is 17.1. The van der Waals surface area contributed by atoms with E-state index in [1.54, 1.807) is 18.2 Å². The second kappa shape index (κ2) is 8.19. The van der Waals surface area contributed by atoms with Crippen molar-refractivity contribution >= 4 is 40.7 Å². The molecule has 0 spiro atoms. The van der Waals surface area contributed by atoms with Crippen molar-refractivity contribution in [2.24, 2.45) is 0 Å². The number of rotatable bonds is 5. The van der Waals surface area contributed by atoms with Crippen molar-refractivity contribution in [3.8, 4) is 17.5 Å². The van der Waals surface area contributed by atoms with Gasteiger partial charge in [-0.25, -0.2) is 0 Å². The van der Waals surface area contributed by atoms with Gasteiger partial charge in [-0.15, -0.1) is 10.2 Å². The first kappa shape index (κ1) is 20.1. The molecular formula is C18H13Cl2N5O2S. The van der Waals surface area contributed by atoms with Crippen molar-refractivity contribution in [3.05, 3.63) is 62.1 Å². The molecule has 0 atom stereocenters. The summed E-state index contributed by atoms with van der Waals surface area (Å²) in [6.45, 7) is 3.90. The molecule has 1 aromatic heterocycles. The summed E-state index contributed by atoms with van der Waals surface area (Å²) < 4.78 is 1.85. The Kier molecular flexibility index (Phi) is 5.89. The van der Waals surface area contributed by atoms with Gasteiger partial charge in [-0.1, -0.05) is 23.2 Å². The van der Waals surface area contributed by atoms with Crippen molar-refractivity contribution in [1.29, 1.82) is 5.26 Å². The Morgan fingerprint density at radius 1 is 1.21 bits per heavy atom. The summed E-state index contributed by atoms with van der Waals surface area (Å²) in [7, 11) is 0. The average molecular weight is 434 g/mol. The highest BCUT2D eigenvalue weighted by molar-refractivity contribution is 7.99. The van der Waals surface area contributed by atoms with Crippen LogP contribution in [-0.2, 0) is 0 Å². The molecule has 0 saturated carbocycles. The van der Waals surface area contributed by atoms with E-state index in [0.717, 1.165) is 11.8 Å². The van der Waals surface area contributed by atoms with Crippen LogP contribution in [0.2, 0.25) is 10.0 Å². The molecule has 0 aliphatic heterocycles. The number of halogens is 2. The van der Waals surface area contributed by atoms with Gasteiger partial charge in [0.2, 0.25) is 0 Å². The summed E-state index contributed by atoms with van der Waals surface area (Å²) >= 11 is 13.4. The van der Waals surface area contributed by atoms with Gasteiger partial charge >= 0.3 is 0 Å². The second-order valence-corrected chi connectivity index (χ2v) is 7.90. The number of benzene rings is 2. The van der Waals surface area contributed by atoms with Crippen LogP contribution in [0.1, 0.15) is 25.5 Å². The summed E-state index contributed by atoms with van der Waals surface area (Å²) in [5.41, 5.74) is 0.719. The number of hydrogen-bond acceptors (Lipinski definition) is 6. The van der Waals surface area contributed by atoms with Gasteiger partial charge in [-0.05, 0) is 55.9 Å². The molecule has 2 aromatic carbocycles. The molecule has 0 unspecified atom stereocenters. The van der Waals surface area contributed by atoms with E-state index < -0.39 is 4.92 Å². The van der Waals surface area contributed by atoms with Crippen molar-refractivity contribution in [2.75, 3.05) is 0 Å². The predicted octanol–water partition coefficient (Wildman–Crippen LogP) is 5.76. The van der Waals surface area contributed by atoms with Crippen molar-refractivity contribution in [3.63, 3.8) is 0 Å². The first-order valence-corrected chi connectivity index (χ1v) is 9.65. The number of aromatic nitrogens is 3. The van der Waals surface area contributed by atoms with Gasteiger partial charge in [0.05, 0.1) is 26.5 Å². The van der Waals surface area contributed by atoms with Crippen LogP contribution in [0.15, 0.2) is 46.5 Å². The van der Waals surface area contributed by atoms with Crippen LogP contribution < -0.4 is 0 Å². The molecule has 0 radical (unpaired) electrons. The van der Waals surface area contributed by atoms with E-state index >= 15 is 0 Å². The van der Waals surface area contributed by atoms with Crippen LogP contribution in [0, 0.1) is 21.4 Å². The number of nitriles is 1. The maximum atomic E-state index is 11.4. The highest BCUT2D eigenvalue weighted by Crippen LogP contribution is 2.38. The summed E-state index contributed by atoms with van der Waals surface area (Å²) in [5.74, 6) is 0.537. The zero-order valence-electron chi connectivity index (χ0n) is 14.8. The first-order chi connectivity index (χ1) is 13.3. The van der Waals surface area contributed by atoms with E-state index in [1.807, 2.05) is 24.5 Å². The van der Waals surface area contributed by atoms with Crippen LogP contribution in [-0.4, -0.2) is 19.7 Å². The lowest BCUT2D eigenvalue weighted by atomic mass is 10.2.